The van der Waals surface area contributed by atoms with Crippen LogP contribution in [0.4, 0.5) is 22.0 Å². The first-order valence-corrected chi connectivity index (χ1v) is 5.34. The zero-order valence-electron chi connectivity index (χ0n) is 8.85. The molecule has 1 aromatic heterocycles. The molecule has 2 nitrogen and oxygen atoms in total. The molecule has 17 heavy (non-hydrogen) atoms. The van der Waals surface area contributed by atoms with Gasteiger partial charge in [-0.1, -0.05) is 0 Å². The average Bonchev–Trinajstić information content (AvgIpc) is 2.83. The lowest BCUT2D eigenvalue weighted by molar-refractivity contribution is -0.146. The van der Waals surface area contributed by atoms with Gasteiger partial charge in [-0.3, -0.25) is 4.68 Å². The lowest BCUT2D eigenvalue weighted by Crippen LogP contribution is -2.19. The van der Waals surface area contributed by atoms with Crippen LogP contribution in [0.5, 0.6) is 0 Å². The summed E-state index contributed by atoms with van der Waals surface area (Å²) >= 11 is 0. The second-order valence-corrected chi connectivity index (χ2v) is 4.49. The van der Waals surface area contributed by atoms with Crippen molar-refractivity contribution in [2.75, 3.05) is 0 Å². The van der Waals surface area contributed by atoms with Crippen molar-refractivity contribution in [3.8, 4) is 0 Å². The molecule has 1 heterocycles. The number of nitrogens with zero attached hydrogens (tertiary/aromatic N) is 2. The number of fused-ring (bicyclic) bond motifs is 3. The number of rotatable bonds is 1. The molecular weight excluding hydrogens is 243 g/mol. The number of alkyl halides is 5. The van der Waals surface area contributed by atoms with Crippen molar-refractivity contribution in [1.29, 1.82) is 0 Å². The fourth-order valence-electron chi connectivity index (χ4n) is 2.70. The molecule has 1 saturated carbocycles. The lowest BCUT2D eigenvalue weighted by atomic mass is 10.1. The molecule has 94 valence electrons. The minimum Gasteiger partial charge on any atom is -0.268 e. The van der Waals surface area contributed by atoms with Crippen molar-refractivity contribution in [3.05, 3.63) is 17.0 Å². The molecular formula is C10H9F5N2. The fraction of sp³-hybridized carbons (Fsp3) is 0.700. The summed E-state index contributed by atoms with van der Waals surface area (Å²) in [6.45, 7) is 1.78. The molecule has 2 aliphatic rings. The molecule has 1 aromatic rings. The Balaban J connectivity index is 2.25. The Morgan fingerprint density at radius 2 is 2.06 bits per heavy atom. The van der Waals surface area contributed by atoms with E-state index < -0.39 is 35.2 Å². The number of aryl methyl sites for hydroxylation is 1. The van der Waals surface area contributed by atoms with Gasteiger partial charge in [-0.2, -0.15) is 18.3 Å². The standard InChI is InChI=1S/C10H9F5N2/c1-2-17-7-4-3-5(4)9(11,12)6(7)8(16-17)10(13,14)15/h4-5H,2-3H2,1H3. The van der Waals surface area contributed by atoms with E-state index in [2.05, 4.69) is 5.10 Å². The van der Waals surface area contributed by atoms with Crippen molar-refractivity contribution in [3.63, 3.8) is 0 Å². The summed E-state index contributed by atoms with van der Waals surface area (Å²) in [4.78, 5) is 0. The van der Waals surface area contributed by atoms with Crippen molar-refractivity contribution in [2.45, 2.75) is 37.9 Å². The molecule has 1 fully saturated rings. The Kier molecular flexibility index (Phi) is 1.82. The van der Waals surface area contributed by atoms with Crippen molar-refractivity contribution in [2.24, 2.45) is 5.92 Å². The van der Waals surface area contributed by atoms with Gasteiger partial charge >= 0.3 is 6.18 Å². The Bertz CT molecular complexity index is 488. The zero-order valence-corrected chi connectivity index (χ0v) is 8.85. The van der Waals surface area contributed by atoms with E-state index in [-0.39, 0.29) is 18.7 Å². The van der Waals surface area contributed by atoms with Gasteiger partial charge in [-0.25, -0.2) is 8.78 Å². The molecule has 2 aliphatic carbocycles. The third-order valence-electron chi connectivity index (χ3n) is 3.50. The third-order valence-corrected chi connectivity index (χ3v) is 3.50. The number of hydrogen-bond acceptors (Lipinski definition) is 1. The Morgan fingerprint density at radius 1 is 1.41 bits per heavy atom. The van der Waals surface area contributed by atoms with Crippen LogP contribution in [0.15, 0.2) is 0 Å². The van der Waals surface area contributed by atoms with Gasteiger partial charge in [0.25, 0.3) is 5.92 Å². The van der Waals surface area contributed by atoms with Gasteiger partial charge in [0.2, 0.25) is 0 Å². The van der Waals surface area contributed by atoms with Crippen LogP contribution in [0.3, 0.4) is 0 Å². The van der Waals surface area contributed by atoms with Crippen molar-refractivity contribution in [1.82, 2.24) is 9.78 Å². The third kappa shape index (κ3) is 1.22. The van der Waals surface area contributed by atoms with Crippen LogP contribution in [0.1, 0.15) is 36.2 Å². The predicted molar refractivity (Wildman–Crippen MR) is 47.6 cm³/mol. The van der Waals surface area contributed by atoms with Gasteiger partial charge in [0.05, 0.1) is 11.3 Å². The molecule has 0 spiro atoms. The van der Waals surface area contributed by atoms with Gasteiger partial charge in [-0.05, 0) is 13.3 Å². The summed E-state index contributed by atoms with van der Waals surface area (Å²) in [5.74, 6) is -4.77. The molecule has 0 N–H and O–H groups in total. The summed E-state index contributed by atoms with van der Waals surface area (Å²) in [5, 5.41) is 3.31. The first-order valence-electron chi connectivity index (χ1n) is 5.34. The van der Waals surface area contributed by atoms with E-state index >= 15 is 0 Å². The highest BCUT2D eigenvalue weighted by Crippen LogP contribution is 2.68. The number of hydrogen-bond donors (Lipinski definition) is 0. The molecule has 0 saturated heterocycles. The van der Waals surface area contributed by atoms with E-state index in [0.29, 0.717) is 0 Å². The fourth-order valence-corrected chi connectivity index (χ4v) is 2.70. The maximum absolute atomic E-state index is 13.8. The molecule has 0 amide bonds. The van der Waals surface area contributed by atoms with E-state index in [4.69, 9.17) is 0 Å². The van der Waals surface area contributed by atoms with Crippen LogP contribution >= 0.6 is 0 Å². The van der Waals surface area contributed by atoms with Crippen molar-refractivity contribution < 1.29 is 22.0 Å². The van der Waals surface area contributed by atoms with E-state index in [1.807, 2.05) is 0 Å². The smallest absolute Gasteiger partial charge is 0.268 e. The number of halogens is 5. The Morgan fingerprint density at radius 3 is 2.59 bits per heavy atom. The second-order valence-electron chi connectivity index (χ2n) is 4.49. The summed E-state index contributed by atoms with van der Waals surface area (Å²) in [6, 6.07) is 0. The van der Waals surface area contributed by atoms with Gasteiger partial charge in [0, 0.05) is 18.4 Å². The largest absolute Gasteiger partial charge is 0.435 e. The van der Waals surface area contributed by atoms with Crippen LogP contribution in [0.2, 0.25) is 0 Å². The SMILES string of the molecule is CCn1nc(C(F)(F)F)c2c1C1CC1C2(F)F. The van der Waals surface area contributed by atoms with Crippen LogP contribution in [-0.2, 0) is 18.6 Å². The number of aromatic nitrogens is 2. The Labute approximate surface area is 93.4 Å². The molecule has 0 radical (unpaired) electrons. The molecule has 0 aromatic carbocycles. The van der Waals surface area contributed by atoms with Crippen LogP contribution in [0.25, 0.3) is 0 Å². The Hall–Kier alpha value is -1.14. The minimum absolute atomic E-state index is 0.0924. The average molecular weight is 252 g/mol. The normalized spacial score (nSPS) is 29.1. The summed E-state index contributed by atoms with van der Waals surface area (Å²) in [5.41, 5.74) is -2.20. The van der Waals surface area contributed by atoms with Gasteiger partial charge < -0.3 is 0 Å². The van der Waals surface area contributed by atoms with E-state index in [9.17, 15) is 22.0 Å². The first-order chi connectivity index (χ1) is 7.78. The van der Waals surface area contributed by atoms with E-state index in [0.717, 1.165) is 4.68 Å². The van der Waals surface area contributed by atoms with Crippen molar-refractivity contribution >= 4 is 0 Å². The maximum Gasteiger partial charge on any atom is 0.435 e. The van der Waals surface area contributed by atoms with E-state index in [1.54, 1.807) is 6.92 Å². The van der Waals surface area contributed by atoms with Gasteiger partial charge in [0.15, 0.2) is 5.69 Å². The van der Waals surface area contributed by atoms with Gasteiger partial charge in [0.1, 0.15) is 0 Å². The van der Waals surface area contributed by atoms with Crippen LogP contribution in [-0.4, -0.2) is 9.78 Å². The van der Waals surface area contributed by atoms with Crippen LogP contribution < -0.4 is 0 Å². The topological polar surface area (TPSA) is 17.8 Å². The molecule has 0 aliphatic heterocycles. The summed E-state index contributed by atoms with van der Waals surface area (Å²) in [6.07, 6.45) is -4.55. The molecule has 0 bridgehead atoms. The highest BCUT2D eigenvalue weighted by atomic mass is 19.4. The summed E-state index contributed by atoms with van der Waals surface area (Å²) in [7, 11) is 0. The highest BCUT2D eigenvalue weighted by Gasteiger charge is 2.68. The van der Waals surface area contributed by atoms with Crippen LogP contribution in [0, 0.1) is 5.92 Å². The van der Waals surface area contributed by atoms with Gasteiger partial charge in [-0.15, -0.1) is 0 Å². The summed E-state index contributed by atoms with van der Waals surface area (Å²) < 4.78 is 66.6. The monoisotopic (exact) mass is 252 g/mol. The first kappa shape index (κ1) is 11.0. The molecule has 7 heteroatoms. The molecule has 2 unspecified atom stereocenters. The minimum atomic E-state index is -4.81. The molecule has 2 atom stereocenters. The molecule has 3 rings (SSSR count). The second kappa shape index (κ2) is 2.81. The zero-order chi connectivity index (χ0) is 12.6. The highest BCUT2D eigenvalue weighted by molar-refractivity contribution is 5.46. The quantitative estimate of drug-likeness (QED) is 0.702. The predicted octanol–water partition coefficient (Wildman–Crippen LogP) is 3.13. The van der Waals surface area contributed by atoms with E-state index in [1.165, 1.54) is 0 Å². The maximum atomic E-state index is 13.8. The lowest BCUT2D eigenvalue weighted by Gasteiger charge is -2.14.